The van der Waals surface area contributed by atoms with Gasteiger partial charge in [0.25, 0.3) is 0 Å². The molecule has 7 nitrogen and oxygen atoms in total. The van der Waals surface area contributed by atoms with Gasteiger partial charge in [0.1, 0.15) is 0 Å². The molecule has 0 spiro atoms. The summed E-state index contributed by atoms with van der Waals surface area (Å²) in [6.07, 6.45) is 1.75. The van der Waals surface area contributed by atoms with Crippen molar-refractivity contribution in [1.29, 1.82) is 0 Å². The fourth-order valence-corrected chi connectivity index (χ4v) is 2.72. The Hall–Kier alpha value is -3.13. The number of rotatable bonds is 6. The van der Waals surface area contributed by atoms with Crippen LogP contribution in [0.2, 0.25) is 0 Å². The SMILES string of the molecule is COc1ccc(-c2n[nH]c(=S)n2N=Cc2ccc(N(C)C)cc2)cc1OC. The summed E-state index contributed by atoms with van der Waals surface area (Å²) in [5.74, 6) is 1.84. The van der Waals surface area contributed by atoms with E-state index in [1.165, 1.54) is 0 Å². The molecular weight excluding hydrogens is 362 g/mol. The smallest absolute Gasteiger partial charge is 0.216 e. The monoisotopic (exact) mass is 383 g/mol. The highest BCUT2D eigenvalue weighted by Crippen LogP contribution is 2.31. The number of H-pyrrole nitrogens is 1. The number of hydrogen-bond donors (Lipinski definition) is 1. The van der Waals surface area contributed by atoms with Crippen LogP contribution < -0.4 is 14.4 Å². The Morgan fingerprint density at radius 1 is 1.07 bits per heavy atom. The highest BCUT2D eigenvalue weighted by Gasteiger charge is 2.12. The van der Waals surface area contributed by atoms with Crippen molar-refractivity contribution in [1.82, 2.24) is 14.9 Å². The lowest BCUT2D eigenvalue weighted by Gasteiger charge is -2.11. The Morgan fingerprint density at radius 2 is 1.78 bits per heavy atom. The van der Waals surface area contributed by atoms with E-state index in [2.05, 4.69) is 15.3 Å². The molecule has 3 aromatic rings. The molecule has 0 saturated carbocycles. The number of nitrogens with zero attached hydrogens (tertiary/aromatic N) is 4. The first-order valence-corrected chi connectivity index (χ1v) is 8.66. The summed E-state index contributed by atoms with van der Waals surface area (Å²) in [4.78, 5) is 2.04. The van der Waals surface area contributed by atoms with Crippen molar-refractivity contribution in [3.63, 3.8) is 0 Å². The molecular formula is C19H21N5O2S. The van der Waals surface area contributed by atoms with Crippen LogP contribution in [0, 0.1) is 4.77 Å². The predicted octanol–water partition coefficient (Wildman–Crippen LogP) is 3.57. The maximum absolute atomic E-state index is 5.36. The molecule has 0 aliphatic carbocycles. The molecule has 2 aromatic carbocycles. The molecule has 0 fully saturated rings. The van der Waals surface area contributed by atoms with E-state index in [4.69, 9.17) is 21.7 Å². The first-order valence-electron chi connectivity index (χ1n) is 8.25. The molecule has 0 aliphatic heterocycles. The lowest BCUT2D eigenvalue weighted by atomic mass is 10.2. The van der Waals surface area contributed by atoms with Gasteiger partial charge in [0, 0.05) is 25.3 Å². The van der Waals surface area contributed by atoms with Gasteiger partial charge in [-0.3, -0.25) is 0 Å². The lowest BCUT2D eigenvalue weighted by Crippen LogP contribution is -2.08. The first-order chi connectivity index (χ1) is 13.0. The summed E-state index contributed by atoms with van der Waals surface area (Å²) in [6.45, 7) is 0. The molecule has 0 saturated heterocycles. The first kappa shape index (κ1) is 18.7. The minimum absolute atomic E-state index is 0.404. The van der Waals surface area contributed by atoms with E-state index in [-0.39, 0.29) is 0 Å². The second kappa shape index (κ2) is 8.05. The van der Waals surface area contributed by atoms with Gasteiger partial charge in [-0.25, -0.2) is 5.10 Å². The summed E-state index contributed by atoms with van der Waals surface area (Å²) in [7, 11) is 7.19. The number of benzene rings is 2. The van der Waals surface area contributed by atoms with Gasteiger partial charge in [-0.05, 0) is 48.1 Å². The van der Waals surface area contributed by atoms with Crippen LogP contribution in [-0.4, -0.2) is 49.4 Å². The quantitative estimate of drug-likeness (QED) is 0.521. The molecule has 1 aromatic heterocycles. The van der Waals surface area contributed by atoms with Crippen LogP contribution >= 0.6 is 12.2 Å². The van der Waals surface area contributed by atoms with E-state index in [1.807, 2.05) is 61.5 Å². The van der Waals surface area contributed by atoms with Gasteiger partial charge in [-0.15, -0.1) is 0 Å². The molecule has 27 heavy (non-hydrogen) atoms. The molecule has 140 valence electrons. The van der Waals surface area contributed by atoms with Crippen LogP contribution in [0.5, 0.6) is 11.5 Å². The van der Waals surface area contributed by atoms with Gasteiger partial charge in [0.05, 0.1) is 20.4 Å². The zero-order valence-electron chi connectivity index (χ0n) is 15.6. The number of anilines is 1. The predicted molar refractivity (Wildman–Crippen MR) is 110 cm³/mol. The summed E-state index contributed by atoms with van der Waals surface area (Å²) >= 11 is 5.32. The third-order valence-corrected chi connectivity index (χ3v) is 4.29. The summed E-state index contributed by atoms with van der Waals surface area (Å²) < 4.78 is 12.6. The third kappa shape index (κ3) is 4.01. The molecule has 1 heterocycles. The number of ether oxygens (including phenoxy) is 2. The summed E-state index contributed by atoms with van der Waals surface area (Å²) in [6, 6.07) is 13.6. The Balaban J connectivity index is 1.94. The second-order valence-corrected chi connectivity index (χ2v) is 6.35. The van der Waals surface area contributed by atoms with E-state index in [0.717, 1.165) is 16.8 Å². The average Bonchev–Trinajstić information content (AvgIpc) is 3.06. The standard InChI is InChI=1S/C19H21N5O2S/c1-23(2)15-8-5-13(6-9-15)12-20-24-18(21-22-19(24)27)14-7-10-16(25-3)17(11-14)26-4/h5-12H,1-4H3,(H,22,27). The molecule has 0 atom stereocenters. The highest BCUT2D eigenvalue weighted by atomic mass is 32.1. The third-order valence-electron chi connectivity index (χ3n) is 4.02. The van der Waals surface area contributed by atoms with Crippen molar-refractivity contribution in [2.75, 3.05) is 33.2 Å². The maximum Gasteiger partial charge on any atom is 0.216 e. The Kier molecular flexibility index (Phi) is 5.56. The number of methoxy groups -OCH3 is 2. The molecule has 0 radical (unpaired) electrons. The maximum atomic E-state index is 5.36. The Morgan fingerprint density at radius 3 is 2.41 bits per heavy atom. The molecule has 1 N–H and O–H groups in total. The lowest BCUT2D eigenvalue weighted by molar-refractivity contribution is 0.355. The van der Waals surface area contributed by atoms with Crippen LogP contribution in [0.15, 0.2) is 47.6 Å². The van der Waals surface area contributed by atoms with E-state index in [0.29, 0.717) is 22.1 Å². The molecule has 0 unspecified atom stereocenters. The van der Waals surface area contributed by atoms with E-state index >= 15 is 0 Å². The van der Waals surface area contributed by atoms with Gasteiger partial charge in [-0.1, -0.05) is 12.1 Å². The molecule has 3 rings (SSSR count). The molecule has 0 bridgehead atoms. The molecule has 8 heteroatoms. The highest BCUT2D eigenvalue weighted by molar-refractivity contribution is 7.71. The van der Waals surface area contributed by atoms with Gasteiger partial charge < -0.3 is 14.4 Å². The molecule has 0 amide bonds. The van der Waals surface area contributed by atoms with E-state index in [9.17, 15) is 0 Å². The number of aromatic nitrogens is 3. The van der Waals surface area contributed by atoms with Gasteiger partial charge in [-0.2, -0.15) is 14.9 Å². The van der Waals surface area contributed by atoms with Crippen molar-refractivity contribution < 1.29 is 9.47 Å². The minimum Gasteiger partial charge on any atom is -0.493 e. The number of nitrogens with one attached hydrogen (secondary N) is 1. The minimum atomic E-state index is 0.404. The fourth-order valence-electron chi connectivity index (χ4n) is 2.54. The van der Waals surface area contributed by atoms with Crippen LogP contribution in [-0.2, 0) is 0 Å². The second-order valence-electron chi connectivity index (χ2n) is 5.96. The normalized spacial score (nSPS) is 11.0. The van der Waals surface area contributed by atoms with Crippen LogP contribution in [0.3, 0.4) is 0 Å². The molecule has 0 aliphatic rings. The number of aromatic amines is 1. The Labute approximate surface area is 162 Å². The van der Waals surface area contributed by atoms with Crippen molar-refractivity contribution >= 4 is 24.1 Å². The largest absolute Gasteiger partial charge is 0.493 e. The zero-order valence-corrected chi connectivity index (χ0v) is 16.4. The van der Waals surface area contributed by atoms with Gasteiger partial charge >= 0.3 is 0 Å². The summed E-state index contributed by atoms with van der Waals surface area (Å²) in [5.41, 5.74) is 2.89. The van der Waals surface area contributed by atoms with Crippen molar-refractivity contribution in [3.05, 3.63) is 52.8 Å². The summed E-state index contributed by atoms with van der Waals surface area (Å²) in [5, 5.41) is 11.6. The van der Waals surface area contributed by atoms with Crippen LogP contribution in [0.4, 0.5) is 5.69 Å². The van der Waals surface area contributed by atoms with Crippen LogP contribution in [0.1, 0.15) is 5.56 Å². The number of hydrogen-bond acceptors (Lipinski definition) is 6. The van der Waals surface area contributed by atoms with Gasteiger partial charge in [0.15, 0.2) is 17.3 Å². The van der Waals surface area contributed by atoms with Crippen LogP contribution in [0.25, 0.3) is 11.4 Å². The van der Waals surface area contributed by atoms with E-state index < -0.39 is 0 Å². The van der Waals surface area contributed by atoms with Crippen molar-refractivity contribution in [2.24, 2.45) is 5.10 Å². The van der Waals surface area contributed by atoms with Crippen molar-refractivity contribution in [2.45, 2.75) is 0 Å². The topological polar surface area (TPSA) is 67.7 Å². The zero-order chi connectivity index (χ0) is 19.4. The van der Waals surface area contributed by atoms with Gasteiger partial charge in [0.2, 0.25) is 4.77 Å². The Bertz CT molecular complexity index is 1010. The fraction of sp³-hybridized carbons (Fsp3) is 0.211. The van der Waals surface area contributed by atoms with Crippen molar-refractivity contribution in [3.8, 4) is 22.9 Å². The average molecular weight is 383 g/mol. The van der Waals surface area contributed by atoms with E-state index in [1.54, 1.807) is 25.1 Å².